The lowest BCUT2D eigenvalue weighted by Crippen LogP contribution is -2.13. The van der Waals surface area contributed by atoms with Gasteiger partial charge in [-0.15, -0.1) is 0 Å². The van der Waals surface area contributed by atoms with E-state index in [2.05, 4.69) is 88.4 Å². The molecular formula is C23H22. The van der Waals surface area contributed by atoms with E-state index in [1.807, 2.05) is 0 Å². The van der Waals surface area contributed by atoms with Gasteiger partial charge in [-0.05, 0) is 67.9 Å². The molecule has 0 heteroatoms. The lowest BCUT2D eigenvalue weighted by Gasteiger charge is -2.23. The second kappa shape index (κ2) is 4.83. The zero-order chi connectivity index (χ0) is 16.2. The highest BCUT2D eigenvalue weighted by Gasteiger charge is 2.17. The molecule has 4 aromatic carbocycles. The molecular weight excluding hydrogens is 276 g/mol. The number of benzene rings is 4. The molecule has 0 N–H and O–H groups in total. The molecule has 0 saturated carbocycles. The van der Waals surface area contributed by atoms with E-state index in [0.717, 1.165) is 0 Å². The Morgan fingerprint density at radius 2 is 1.22 bits per heavy atom. The molecule has 0 amide bonds. The van der Waals surface area contributed by atoms with Gasteiger partial charge in [0.15, 0.2) is 0 Å². The third-order valence-corrected chi connectivity index (χ3v) is 4.96. The summed E-state index contributed by atoms with van der Waals surface area (Å²) in [6.45, 7) is 9.12. The van der Waals surface area contributed by atoms with Gasteiger partial charge in [-0.3, -0.25) is 0 Å². The van der Waals surface area contributed by atoms with Crippen LogP contribution in [0, 0.1) is 6.92 Å². The number of hydrogen-bond donors (Lipinski definition) is 0. The van der Waals surface area contributed by atoms with Crippen LogP contribution in [0.5, 0.6) is 0 Å². The van der Waals surface area contributed by atoms with Crippen LogP contribution in [0.4, 0.5) is 0 Å². The summed E-state index contributed by atoms with van der Waals surface area (Å²) in [4.78, 5) is 0. The maximum Gasteiger partial charge on any atom is -0.00990 e. The fourth-order valence-corrected chi connectivity index (χ4v) is 3.79. The lowest BCUT2D eigenvalue weighted by molar-refractivity contribution is 0.587. The van der Waals surface area contributed by atoms with Crippen molar-refractivity contribution in [2.75, 3.05) is 0 Å². The van der Waals surface area contributed by atoms with Crippen LogP contribution < -0.4 is 0 Å². The van der Waals surface area contributed by atoms with E-state index in [4.69, 9.17) is 0 Å². The Kier molecular flexibility index (Phi) is 2.99. The monoisotopic (exact) mass is 298 g/mol. The van der Waals surface area contributed by atoms with Crippen LogP contribution >= 0.6 is 0 Å². The smallest absolute Gasteiger partial charge is 0.00990 e. The van der Waals surface area contributed by atoms with Gasteiger partial charge in [-0.25, -0.2) is 0 Å². The molecule has 4 aromatic rings. The molecule has 0 aromatic heterocycles. The number of aryl methyl sites for hydroxylation is 1. The molecule has 23 heavy (non-hydrogen) atoms. The number of fused-ring (bicyclic) bond motifs is 4. The van der Waals surface area contributed by atoms with Crippen molar-refractivity contribution in [2.24, 2.45) is 0 Å². The van der Waals surface area contributed by atoms with Crippen LogP contribution in [-0.2, 0) is 5.41 Å². The Morgan fingerprint density at radius 3 is 2.00 bits per heavy atom. The molecule has 0 aliphatic rings. The van der Waals surface area contributed by atoms with Crippen LogP contribution in [-0.4, -0.2) is 0 Å². The van der Waals surface area contributed by atoms with E-state index in [9.17, 15) is 0 Å². The van der Waals surface area contributed by atoms with Crippen molar-refractivity contribution in [3.05, 3.63) is 71.8 Å². The lowest BCUT2D eigenvalue weighted by atomic mass is 9.82. The van der Waals surface area contributed by atoms with Gasteiger partial charge in [0.05, 0.1) is 0 Å². The van der Waals surface area contributed by atoms with Crippen LogP contribution in [0.15, 0.2) is 60.7 Å². The molecule has 0 saturated heterocycles. The van der Waals surface area contributed by atoms with Crippen molar-refractivity contribution in [3.63, 3.8) is 0 Å². The molecule has 0 spiro atoms. The molecule has 0 atom stereocenters. The Balaban J connectivity index is 2.12. The summed E-state index contributed by atoms with van der Waals surface area (Å²) in [5, 5.41) is 8.02. The van der Waals surface area contributed by atoms with Crippen LogP contribution in [0.3, 0.4) is 0 Å². The SMILES string of the molecule is Cc1c(C(C)(C)C)ccc2cc3c(ccc4ccccc43)cc12. The summed E-state index contributed by atoms with van der Waals surface area (Å²) in [6.07, 6.45) is 0. The second-order valence-electron chi connectivity index (χ2n) is 7.57. The van der Waals surface area contributed by atoms with Gasteiger partial charge in [-0.1, -0.05) is 69.3 Å². The minimum absolute atomic E-state index is 0.177. The molecule has 0 nitrogen and oxygen atoms in total. The van der Waals surface area contributed by atoms with E-state index in [0.29, 0.717) is 0 Å². The molecule has 4 rings (SSSR count). The summed E-state index contributed by atoms with van der Waals surface area (Å²) in [5.74, 6) is 0. The van der Waals surface area contributed by atoms with Gasteiger partial charge in [0.2, 0.25) is 0 Å². The average Bonchev–Trinajstić information content (AvgIpc) is 2.52. The maximum atomic E-state index is 2.36. The molecule has 0 unspecified atom stereocenters. The van der Waals surface area contributed by atoms with Gasteiger partial charge >= 0.3 is 0 Å². The predicted molar refractivity (Wildman–Crippen MR) is 102 cm³/mol. The molecule has 0 fully saturated rings. The molecule has 0 heterocycles. The molecule has 0 aliphatic carbocycles. The van der Waals surface area contributed by atoms with E-state index < -0.39 is 0 Å². The first-order valence-corrected chi connectivity index (χ1v) is 8.30. The van der Waals surface area contributed by atoms with E-state index in [-0.39, 0.29) is 5.41 Å². The fraction of sp³-hybridized carbons (Fsp3) is 0.217. The van der Waals surface area contributed by atoms with E-state index >= 15 is 0 Å². The van der Waals surface area contributed by atoms with Gasteiger partial charge in [0, 0.05) is 0 Å². The molecule has 0 aliphatic heterocycles. The summed E-state index contributed by atoms with van der Waals surface area (Å²) in [7, 11) is 0. The zero-order valence-corrected chi connectivity index (χ0v) is 14.3. The second-order valence-corrected chi connectivity index (χ2v) is 7.57. The van der Waals surface area contributed by atoms with Gasteiger partial charge < -0.3 is 0 Å². The van der Waals surface area contributed by atoms with Gasteiger partial charge in [0.1, 0.15) is 0 Å². The van der Waals surface area contributed by atoms with Crippen molar-refractivity contribution in [1.82, 2.24) is 0 Å². The first-order chi connectivity index (χ1) is 10.9. The van der Waals surface area contributed by atoms with Gasteiger partial charge in [-0.2, -0.15) is 0 Å². The maximum absolute atomic E-state index is 2.36. The van der Waals surface area contributed by atoms with E-state index in [1.54, 1.807) is 0 Å². The van der Waals surface area contributed by atoms with Crippen LogP contribution in [0.25, 0.3) is 32.3 Å². The highest BCUT2D eigenvalue weighted by molar-refractivity contribution is 6.12. The standard InChI is InChI=1S/C23H22/c1-15-20-13-18-10-9-16-7-5-6-8-19(16)21(18)14-17(20)11-12-22(15)23(2,3)4/h5-14H,1-4H3. The van der Waals surface area contributed by atoms with Crippen molar-refractivity contribution < 1.29 is 0 Å². The quantitative estimate of drug-likeness (QED) is 0.249. The third kappa shape index (κ3) is 2.21. The average molecular weight is 298 g/mol. The van der Waals surface area contributed by atoms with Crippen molar-refractivity contribution in [2.45, 2.75) is 33.1 Å². The first kappa shape index (κ1) is 14.3. The Bertz CT molecular complexity index is 1050. The predicted octanol–water partition coefficient (Wildman–Crippen LogP) is 6.75. The fourth-order valence-electron chi connectivity index (χ4n) is 3.79. The largest absolute Gasteiger partial charge is 0.0616 e. The van der Waals surface area contributed by atoms with Crippen LogP contribution in [0.1, 0.15) is 31.9 Å². The number of hydrogen-bond acceptors (Lipinski definition) is 0. The topological polar surface area (TPSA) is 0 Å². The third-order valence-electron chi connectivity index (χ3n) is 4.96. The molecule has 0 bridgehead atoms. The normalized spacial score (nSPS) is 12.3. The van der Waals surface area contributed by atoms with E-state index in [1.165, 1.54) is 43.4 Å². The van der Waals surface area contributed by atoms with Crippen molar-refractivity contribution in [1.29, 1.82) is 0 Å². The Hall–Kier alpha value is -2.34. The number of rotatable bonds is 0. The molecule has 114 valence electrons. The highest BCUT2D eigenvalue weighted by Crippen LogP contribution is 2.34. The summed E-state index contributed by atoms with van der Waals surface area (Å²) < 4.78 is 0. The summed E-state index contributed by atoms with van der Waals surface area (Å²) in [6, 6.07) is 22.4. The summed E-state index contributed by atoms with van der Waals surface area (Å²) >= 11 is 0. The van der Waals surface area contributed by atoms with Crippen molar-refractivity contribution in [3.8, 4) is 0 Å². The Labute approximate surface area is 137 Å². The molecule has 0 radical (unpaired) electrons. The summed E-state index contributed by atoms with van der Waals surface area (Å²) in [5.41, 5.74) is 3.02. The Morgan fingerprint density at radius 1 is 0.609 bits per heavy atom. The zero-order valence-electron chi connectivity index (χ0n) is 14.3. The highest BCUT2D eigenvalue weighted by atomic mass is 14.2. The first-order valence-electron chi connectivity index (χ1n) is 8.30. The minimum Gasteiger partial charge on any atom is -0.0616 e. The minimum atomic E-state index is 0.177. The van der Waals surface area contributed by atoms with Crippen molar-refractivity contribution >= 4 is 32.3 Å². The van der Waals surface area contributed by atoms with Crippen LogP contribution in [0.2, 0.25) is 0 Å². The van der Waals surface area contributed by atoms with Gasteiger partial charge in [0.25, 0.3) is 0 Å².